The van der Waals surface area contributed by atoms with E-state index in [1.165, 1.54) is 28.7 Å². The maximum atomic E-state index is 13.4. The molecule has 1 aliphatic heterocycles. The average Bonchev–Trinajstić information content (AvgIpc) is 3.43. The number of fused-ring (bicyclic) bond motifs is 3. The van der Waals surface area contributed by atoms with Gasteiger partial charge in [-0.2, -0.15) is 5.10 Å². The van der Waals surface area contributed by atoms with Gasteiger partial charge in [-0.1, -0.05) is 0 Å². The summed E-state index contributed by atoms with van der Waals surface area (Å²) in [4.78, 5) is 27.1. The maximum absolute atomic E-state index is 13.4. The second kappa shape index (κ2) is 9.28. The number of aryl methyl sites for hydroxylation is 1. The number of hydrogen-bond acceptors (Lipinski definition) is 8. The van der Waals surface area contributed by atoms with Crippen molar-refractivity contribution in [3.63, 3.8) is 0 Å². The van der Waals surface area contributed by atoms with Crippen molar-refractivity contribution in [2.75, 3.05) is 20.8 Å². The van der Waals surface area contributed by atoms with Crippen molar-refractivity contribution in [1.82, 2.24) is 18.7 Å². The summed E-state index contributed by atoms with van der Waals surface area (Å²) in [6, 6.07) is 9.86. The predicted molar refractivity (Wildman–Crippen MR) is 133 cm³/mol. The molecule has 0 atom stereocenters. The third-order valence-corrected chi connectivity index (χ3v) is 8.09. The zero-order chi connectivity index (χ0) is 23.8. The molecule has 1 aliphatic rings. The Morgan fingerprint density at radius 3 is 2.74 bits per heavy atom. The first-order valence-electron chi connectivity index (χ1n) is 10.8. The SMILES string of the molecule is COC(=O)c1sccc1Cn1ncc2c3c(n(C)c2c1=O)CN(Sc1ccc(OC)cc1)CC3. The first-order chi connectivity index (χ1) is 16.5. The van der Waals surface area contributed by atoms with Crippen molar-refractivity contribution in [2.45, 2.75) is 24.4 Å². The Morgan fingerprint density at radius 1 is 1.21 bits per heavy atom. The summed E-state index contributed by atoms with van der Waals surface area (Å²) in [7, 11) is 4.96. The number of aromatic nitrogens is 3. The predicted octanol–water partition coefficient (Wildman–Crippen LogP) is 3.71. The van der Waals surface area contributed by atoms with E-state index >= 15 is 0 Å². The Balaban J connectivity index is 1.43. The van der Waals surface area contributed by atoms with E-state index in [2.05, 4.69) is 21.5 Å². The van der Waals surface area contributed by atoms with Crippen molar-refractivity contribution in [3.05, 3.63) is 74.0 Å². The highest BCUT2D eigenvalue weighted by Gasteiger charge is 2.26. The minimum absolute atomic E-state index is 0.161. The highest BCUT2D eigenvalue weighted by molar-refractivity contribution is 7.97. The topological polar surface area (TPSA) is 78.6 Å². The Hall–Kier alpha value is -3.08. The Labute approximate surface area is 204 Å². The molecule has 0 saturated carbocycles. The van der Waals surface area contributed by atoms with E-state index in [1.807, 2.05) is 35.2 Å². The molecule has 0 aliphatic carbocycles. The van der Waals surface area contributed by atoms with E-state index in [-0.39, 0.29) is 12.1 Å². The van der Waals surface area contributed by atoms with Crippen LogP contribution in [-0.2, 0) is 31.3 Å². The highest BCUT2D eigenvalue weighted by Crippen LogP contribution is 2.33. The summed E-state index contributed by atoms with van der Waals surface area (Å²) >= 11 is 3.01. The van der Waals surface area contributed by atoms with Crippen LogP contribution >= 0.6 is 23.3 Å². The van der Waals surface area contributed by atoms with E-state index in [4.69, 9.17) is 9.47 Å². The number of esters is 1. The second-order valence-corrected chi connectivity index (χ2v) is 10.1. The lowest BCUT2D eigenvalue weighted by atomic mass is 10.1. The minimum atomic E-state index is -0.400. The van der Waals surface area contributed by atoms with Crippen LogP contribution in [0.25, 0.3) is 10.9 Å². The molecule has 0 amide bonds. The molecule has 0 bridgehead atoms. The summed E-state index contributed by atoms with van der Waals surface area (Å²) in [6.45, 7) is 1.83. The van der Waals surface area contributed by atoms with Crippen LogP contribution in [0, 0.1) is 0 Å². The van der Waals surface area contributed by atoms with Gasteiger partial charge in [0.05, 0.1) is 33.5 Å². The number of hydrogen-bond donors (Lipinski definition) is 0. The molecule has 10 heteroatoms. The molecule has 8 nitrogen and oxygen atoms in total. The average molecular weight is 497 g/mol. The zero-order valence-electron chi connectivity index (χ0n) is 19.1. The molecule has 0 saturated heterocycles. The van der Waals surface area contributed by atoms with Crippen LogP contribution in [-0.4, -0.2) is 45.4 Å². The van der Waals surface area contributed by atoms with E-state index in [0.717, 1.165) is 46.8 Å². The van der Waals surface area contributed by atoms with Crippen LogP contribution in [0.5, 0.6) is 5.75 Å². The van der Waals surface area contributed by atoms with Gasteiger partial charge >= 0.3 is 5.97 Å². The van der Waals surface area contributed by atoms with Crippen LogP contribution in [0.2, 0.25) is 0 Å². The number of nitrogens with zero attached hydrogens (tertiary/aromatic N) is 4. The standard InChI is InChI=1S/C24H24N4O4S2/c1-26-20-14-27(34-17-6-4-16(31-2)5-7-17)10-8-18(20)19-12-25-28(23(29)21(19)26)13-15-9-11-33-22(15)24(30)32-3/h4-7,9,11-12H,8,10,13-14H2,1-3H3. The number of carbonyl (C=O) groups excluding carboxylic acids is 1. The van der Waals surface area contributed by atoms with E-state index in [9.17, 15) is 9.59 Å². The van der Waals surface area contributed by atoms with E-state index in [0.29, 0.717) is 10.4 Å². The maximum Gasteiger partial charge on any atom is 0.348 e. The Kier molecular flexibility index (Phi) is 6.20. The molecule has 5 rings (SSSR count). The number of thiophene rings is 1. The molecule has 176 valence electrons. The summed E-state index contributed by atoms with van der Waals surface area (Å²) in [6.07, 6.45) is 2.63. The van der Waals surface area contributed by atoms with Gasteiger partial charge in [0.2, 0.25) is 0 Å². The van der Waals surface area contributed by atoms with Gasteiger partial charge in [-0.15, -0.1) is 11.3 Å². The van der Waals surface area contributed by atoms with Crippen LogP contribution in [0.1, 0.15) is 26.5 Å². The van der Waals surface area contributed by atoms with Crippen molar-refractivity contribution < 1.29 is 14.3 Å². The van der Waals surface area contributed by atoms with Crippen LogP contribution in [0.15, 0.2) is 51.6 Å². The van der Waals surface area contributed by atoms with Gasteiger partial charge in [0, 0.05) is 29.6 Å². The molecule has 0 N–H and O–H groups in total. The number of methoxy groups -OCH3 is 2. The molecule has 0 fully saturated rings. The van der Waals surface area contributed by atoms with E-state index < -0.39 is 5.97 Å². The molecular formula is C24H24N4O4S2. The molecule has 4 heterocycles. The normalized spacial score (nSPS) is 13.7. The quantitative estimate of drug-likeness (QED) is 0.297. The number of rotatable bonds is 6. The first-order valence-corrected chi connectivity index (χ1v) is 12.4. The van der Waals surface area contributed by atoms with Crippen molar-refractivity contribution in [2.24, 2.45) is 7.05 Å². The Bertz CT molecular complexity index is 1420. The molecule has 0 unspecified atom stereocenters. The van der Waals surface area contributed by atoms with Gasteiger partial charge in [-0.05, 0) is 65.2 Å². The van der Waals surface area contributed by atoms with Gasteiger partial charge in [-0.3, -0.25) is 4.79 Å². The fraction of sp³-hybridized carbons (Fsp3) is 0.292. The van der Waals surface area contributed by atoms with Crippen LogP contribution < -0.4 is 10.3 Å². The summed E-state index contributed by atoms with van der Waals surface area (Å²) < 4.78 is 15.8. The smallest absolute Gasteiger partial charge is 0.348 e. The van der Waals surface area contributed by atoms with Crippen LogP contribution in [0.3, 0.4) is 0 Å². The van der Waals surface area contributed by atoms with Gasteiger partial charge in [0.1, 0.15) is 16.1 Å². The third kappa shape index (κ3) is 4.02. The molecule has 1 aromatic carbocycles. The first kappa shape index (κ1) is 22.7. The Morgan fingerprint density at radius 2 is 2.00 bits per heavy atom. The van der Waals surface area contributed by atoms with Gasteiger partial charge in [-0.25, -0.2) is 13.8 Å². The highest BCUT2D eigenvalue weighted by atomic mass is 32.2. The molecule has 4 aromatic rings. The minimum Gasteiger partial charge on any atom is -0.497 e. The molecule has 3 aromatic heterocycles. The molecule has 0 spiro atoms. The number of ether oxygens (including phenoxy) is 2. The lowest BCUT2D eigenvalue weighted by molar-refractivity contribution is 0.0605. The van der Waals surface area contributed by atoms with Gasteiger partial charge in [0.25, 0.3) is 5.56 Å². The third-order valence-electron chi connectivity index (χ3n) is 6.10. The molecule has 0 radical (unpaired) electrons. The fourth-order valence-electron chi connectivity index (χ4n) is 4.35. The number of carbonyl (C=O) groups is 1. The fourth-order valence-corrected chi connectivity index (χ4v) is 6.11. The zero-order valence-corrected chi connectivity index (χ0v) is 20.7. The van der Waals surface area contributed by atoms with E-state index in [1.54, 1.807) is 25.3 Å². The lowest BCUT2D eigenvalue weighted by Gasteiger charge is -2.26. The molecular weight excluding hydrogens is 472 g/mol. The van der Waals surface area contributed by atoms with Gasteiger partial charge < -0.3 is 14.0 Å². The number of benzene rings is 1. The van der Waals surface area contributed by atoms with Crippen molar-refractivity contribution in [3.8, 4) is 5.75 Å². The lowest BCUT2D eigenvalue weighted by Crippen LogP contribution is -2.26. The van der Waals surface area contributed by atoms with Gasteiger partial charge in [0.15, 0.2) is 0 Å². The summed E-state index contributed by atoms with van der Waals surface area (Å²) in [5.41, 5.74) is 3.53. The largest absolute Gasteiger partial charge is 0.497 e. The summed E-state index contributed by atoms with van der Waals surface area (Å²) in [5.74, 6) is 0.437. The monoisotopic (exact) mass is 496 g/mol. The summed E-state index contributed by atoms with van der Waals surface area (Å²) in [5, 5.41) is 7.17. The van der Waals surface area contributed by atoms with Crippen molar-refractivity contribution >= 4 is 40.2 Å². The van der Waals surface area contributed by atoms with Crippen LogP contribution in [0.4, 0.5) is 0 Å². The second-order valence-electron chi connectivity index (χ2n) is 8.00. The molecule has 34 heavy (non-hydrogen) atoms. The van der Waals surface area contributed by atoms with Crippen molar-refractivity contribution in [1.29, 1.82) is 0 Å².